The summed E-state index contributed by atoms with van der Waals surface area (Å²) in [5.74, 6) is 0.896. The van der Waals surface area contributed by atoms with Crippen LogP contribution in [0.2, 0.25) is 10.0 Å². The van der Waals surface area contributed by atoms with E-state index in [0.717, 1.165) is 68.3 Å². The number of benzene rings is 1. The highest BCUT2D eigenvalue weighted by Gasteiger charge is 2.31. The highest BCUT2D eigenvalue weighted by molar-refractivity contribution is 6.37. The van der Waals surface area contributed by atoms with Gasteiger partial charge in [-0.25, -0.2) is 9.97 Å². The Labute approximate surface area is 215 Å². The zero-order chi connectivity index (χ0) is 24.7. The lowest BCUT2D eigenvalue weighted by atomic mass is 9.85. The molecule has 2 N–H and O–H groups in total. The molecule has 0 aliphatic heterocycles. The van der Waals surface area contributed by atoms with Gasteiger partial charge in [-0.3, -0.25) is 4.79 Å². The number of anilines is 1. The van der Waals surface area contributed by atoms with Crippen molar-refractivity contribution in [2.24, 2.45) is 5.92 Å². The van der Waals surface area contributed by atoms with Gasteiger partial charge in [-0.05, 0) is 82.8 Å². The van der Waals surface area contributed by atoms with Crippen LogP contribution in [0, 0.1) is 5.92 Å². The van der Waals surface area contributed by atoms with E-state index >= 15 is 0 Å². The van der Waals surface area contributed by atoms with E-state index in [1.165, 1.54) is 0 Å². The maximum Gasteiger partial charge on any atom is 0.154 e. The number of fused-ring (bicyclic) bond motifs is 1. The molecule has 0 spiro atoms. The molecular weight excluding hydrogens is 483 g/mol. The van der Waals surface area contributed by atoms with Crippen molar-refractivity contribution in [3.8, 4) is 17.0 Å². The number of aldehydes is 1. The number of carbonyl (C=O) groups excluding carboxylic acids is 1. The molecule has 2 saturated carbocycles. The van der Waals surface area contributed by atoms with Crippen molar-refractivity contribution < 1.29 is 9.90 Å². The van der Waals surface area contributed by atoms with E-state index in [1.807, 2.05) is 12.1 Å². The molecule has 2 fully saturated rings. The number of pyridine rings is 2. The molecule has 2 aliphatic carbocycles. The third-order valence-electron chi connectivity index (χ3n) is 7.11. The van der Waals surface area contributed by atoms with Crippen molar-refractivity contribution in [2.45, 2.75) is 50.5 Å². The molecule has 8 heteroatoms. The topological polar surface area (TPSA) is 78.4 Å². The van der Waals surface area contributed by atoms with Gasteiger partial charge in [0.15, 0.2) is 12.0 Å². The lowest BCUT2D eigenvalue weighted by Crippen LogP contribution is -2.31. The minimum atomic E-state index is -0.149. The average molecular weight is 513 g/mol. The Morgan fingerprint density at radius 3 is 2.34 bits per heavy atom. The van der Waals surface area contributed by atoms with Crippen LogP contribution in [-0.2, 0) is 0 Å². The molecule has 0 unspecified atom stereocenters. The Morgan fingerprint density at radius 2 is 1.74 bits per heavy atom. The number of hydrogen-bond acceptors (Lipinski definition) is 6. The fourth-order valence-corrected chi connectivity index (χ4v) is 5.68. The van der Waals surface area contributed by atoms with Crippen LogP contribution in [0.4, 0.5) is 5.69 Å². The number of nitrogens with zero attached hydrogens (tertiary/aromatic N) is 3. The number of rotatable bonds is 7. The molecule has 1 aromatic carbocycles. The van der Waals surface area contributed by atoms with Gasteiger partial charge in [-0.15, -0.1) is 0 Å². The summed E-state index contributed by atoms with van der Waals surface area (Å²) in [5.41, 5.74) is 5.06. The summed E-state index contributed by atoms with van der Waals surface area (Å²) in [4.78, 5) is 24.4. The van der Waals surface area contributed by atoms with Crippen molar-refractivity contribution in [1.29, 1.82) is 0 Å². The Bertz CT molecular complexity index is 1240. The average Bonchev–Trinajstić information content (AvgIpc) is 3.68. The number of aromatic nitrogens is 2. The highest BCUT2D eigenvalue weighted by Crippen LogP contribution is 2.44. The monoisotopic (exact) mass is 512 g/mol. The number of phenols is 1. The lowest BCUT2D eigenvalue weighted by Gasteiger charge is -2.32. The quantitative estimate of drug-likeness (QED) is 0.350. The molecule has 6 nitrogen and oxygen atoms in total. The molecule has 5 rings (SSSR count). The Morgan fingerprint density at radius 1 is 1.06 bits per heavy atom. The van der Waals surface area contributed by atoms with E-state index < -0.39 is 0 Å². The normalized spacial score (nSPS) is 20.4. The maximum atomic E-state index is 12.3. The second kappa shape index (κ2) is 9.92. The Balaban J connectivity index is 1.55. The zero-order valence-corrected chi connectivity index (χ0v) is 21.5. The van der Waals surface area contributed by atoms with Gasteiger partial charge in [0, 0.05) is 24.1 Å². The van der Waals surface area contributed by atoms with Crippen LogP contribution in [0.25, 0.3) is 22.3 Å². The minimum Gasteiger partial charge on any atom is -0.505 e. The number of aromatic hydroxyl groups is 1. The smallest absolute Gasteiger partial charge is 0.154 e. The van der Waals surface area contributed by atoms with Crippen LogP contribution in [0.15, 0.2) is 24.3 Å². The first-order chi connectivity index (χ1) is 16.8. The van der Waals surface area contributed by atoms with E-state index in [0.29, 0.717) is 34.2 Å². The molecule has 184 valence electrons. The van der Waals surface area contributed by atoms with E-state index in [1.54, 1.807) is 12.1 Å². The predicted molar refractivity (Wildman–Crippen MR) is 142 cm³/mol. The van der Waals surface area contributed by atoms with Gasteiger partial charge in [-0.2, -0.15) is 0 Å². The molecule has 2 aliphatic rings. The highest BCUT2D eigenvalue weighted by atomic mass is 35.5. The van der Waals surface area contributed by atoms with E-state index in [-0.39, 0.29) is 21.8 Å². The van der Waals surface area contributed by atoms with E-state index in [4.69, 9.17) is 33.2 Å². The van der Waals surface area contributed by atoms with E-state index in [9.17, 15) is 9.90 Å². The van der Waals surface area contributed by atoms with Crippen LogP contribution >= 0.6 is 23.2 Å². The molecule has 2 heterocycles. The molecule has 0 amide bonds. The summed E-state index contributed by atoms with van der Waals surface area (Å²) >= 11 is 12.3. The first-order valence-electron chi connectivity index (χ1n) is 12.2. The fraction of sp³-hybridized carbons (Fsp3) is 0.444. The first kappa shape index (κ1) is 24.3. The van der Waals surface area contributed by atoms with Crippen molar-refractivity contribution in [3.05, 3.63) is 45.6 Å². The van der Waals surface area contributed by atoms with Crippen molar-refractivity contribution >= 4 is 46.2 Å². The fourth-order valence-electron chi connectivity index (χ4n) is 5.19. The lowest BCUT2D eigenvalue weighted by molar-refractivity contribution is 0.112. The predicted octanol–water partition coefficient (Wildman–Crippen LogP) is 6.53. The standard InChI is InChI=1S/C27H30Cl2N4O2/c1-33(2)13-15-3-7-18(8-4-15)30-25-19(14-34)24(16-5-6-16)32-23-10-9-22(31-26(23)25)17-11-20(28)27(35)21(29)12-17/h9-12,14-16,18,35H,3-8,13H2,1-2H3,(H,30,32). The minimum absolute atomic E-state index is 0.149. The summed E-state index contributed by atoms with van der Waals surface area (Å²) in [6.45, 7) is 1.11. The van der Waals surface area contributed by atoms with Crippen molar-refractivity contribution in [2.75, 3.05) is 26.0 Å². The van der Waals surface area contributed by atoms with Gasteiger partial charge in [0.1, 0.15) is 5.52 Å². The number of nitrogens with one attached hydrogen (secondary N) is 1. The number of carbonyl (C=O) groups is 1. The third-order valence-corrected chi connectivity index (χ3v) is 7.69. The van der Waals surface area contributed by atoms with Gasteiger partial charge in [0.25, 0.3) is 0 Å². The molecular formula is C27H30Cl2N4O2. The molecule has 0 atom stereocenters. The second-order valence-electron chi connectivity index (χ2n) is 10.2. The molecule has 0 saturated heterocycles. The van der Waals surface area contributed by atoms with Crippen LogP contribution in [0.1, 0.15) is 60.5 Å². The number of hydrogen-bond donors (Lipinski definition) is 2. The second-order valence-corrected chi connectivity index (χ2v) is 11.0. The van der Waals surface area contributed by atoms with Crippen molar-refractivity contribution in [1.82, 2.24) is 14.9 Å². The van der Waals surface area contributed by atoms with Gasteiger partial charge >= 0.3 is 0 Å². The van der Waals surface area contributed by atoms with Gasteiger partial charge in [0.05, 0.1) is 38.2 Å². The summed E-state index contributed by atoms with van der Waals surface area (Å²) in [5, 5.41) is 14.0. The maximum absolute atomic E-state index is 12.3. The van der Waals surface area contributed by atoms with Crippen LogP contribution in [-0.4, -0.2) is 52.9 Å². The summed E-state index contributed by atoms with van der Waals surface area (Å²) in [6, 6.07) is 7.38. The van der Waals surface area contributed by atoms with E-state index in [2.05, 4.69) is 24.3 Å². The third kappa shape index (κ3) is 5.11. The molecule has 0 bridgehead atoms. The summed E-state index contributed by atoms with van der Waals surface area (Å²) in [6.07, 6.45) is 7.49. The van der Waals surface area contributed by atoms with Gasteiger partial charge in [0.2, 0.25) is 0 Å². The number of halogens is 2. The largest absolute Gasteiger partial charge is 0.505 e. The molecule has 2 aromatic heterocycles. The van der Waals surface area contributed by atoms with Crippen molar-refractivity contribution in [3.63, 3.8) is 0 Å². The first-order valence-corrected chi connectivity index (χ1v) is 13.0. The molecule has 35 heavy (non-hydrogen) atoms. The number of phenolic OH excluding ortho intramolecular Hbond substituents is 1. The Hall–Kier alpha value is -2.41. The molecule has 3 aromatic rings. The van der Waals surface area contributed by atoms with Crippen LogP contribution in [0.5, 0.6) is 5.75 Å². The Kier molecular flexibility index (Phi) is 6.88. The van der Waals surface area contributed by atoms with Gasteiger partial charge in [-0.1, -0.05) is 23.2 Å². The zero-order valence-electron chi connectivity index (χ0n) is 20.0. The van der Waals surface area contributed by atoms with Crippen LogP contribution < -0.4 is 5.32 Å². The van der Waals surface area contributed by atoms with Gasteiger partial charge < -0.3 is 15.3 Å². The summed E-state index contributed by atoms with van der Waals surface area (Å²) in [7, 11) is 4.25. The SMILES string of the molecule is CN(C)CC1CCC(Nc2c(C=O)c(C3CC3)nc3ccc(-c4cc(Cl)c(O)c(Cl)c4)nc23)CC1. The molecule has 0 radical (unpaired) electrons. The summed E-state index contributed by atoms with van der Waals surface area (Å²) < 4.78 is 0. The van der Waals surface area contributed by atoms with Crippen LogP contribution in [0.3, 0.4) is 0 Å².